The van der Waals surface area contributed by atoms with E-state index in [9.17, 15) is 19.2 Å². The molecule has 1 aliphatic heterocycles. The molecule has 0 saturated carbocycles. The first-order valence-electron chi connectivity index (χ1n) is 8.07. The summed E-state index contributed by atoms with van der Waals surface area (Å²) in [5.74, 6) is -1.52. The highest BCUT2D eigenvalue weighted by molar-refractivity contribution is 7.99. The van der Waals surface area contributed by atoms with E-state index >= 15 is 0 Å². The van der Waals surface area contributed by atoms with Crippen molar-refractivity contribution >= 4 is 35.5 Å². The summed E-state index contributed by atoms with van der Waals surface area (Å²) in [4.78, 5) is 49.1. The van der Waals surface area contributed by atoms with Gasteiger partial charge in [-0.2, -0.15) is 0 Å². The molecule has 25 heavy (non-hydrogen) atoms. The Balaban J connectivity index is 1.89. The van der Waals surface area contributed by atoms with Gasteiger partial charge in [-0.1, -0.05) is 12.1 Å². The molecular formula is C18H17NO5S. The number of hydrogen-bond donors (Lipinski definition) is 0. The summed E-state index contributed by atoms with van der Waals surface area (Å²) >= 11 is 0.821. The van der Waals surface area contributed by atoms with Crippen LogP contribution in [0.1, 0.15) is 46.9 Å². The average molecular weight is 359 g/mol. The number of fused-ring (bicyclic) bond motifs is 1. The summed E-state index contributed by atoms with van der Waals surface area (Å²) in [7, 11) is 0. The van der Waals surface area contributed by atoms with Crippen LogP contribution in [0.25, 0.3) is 0 Å². The second-order valence-corrected chi connectivity index (χ2v) is 6.77. The molecule has 1 aliphatic carbocycles. The molecule has 7 heteroatoms. The van der Waals surface area contributed by atoms with E-state index in [1.54, 1.807) is 31.2 Å². The lowest BCUT2D eigenvalue weighted by Gasteiger charge is -2.23. The third-order valence-electron chi connectivity index (χ3n) is 4.04. The standard InChI is InChI=1S/C18H17NO5S/c1-2-24-18(23)15(11-6-5-7-12(20)10-11)25-19-16(21)13-8-3-4-9-14(13)17(19)22/h3-4,8-10,15H,2,5-7H2,1H3. The van der Waals surface area contributed by atoms with Crippen molar-refractivity contribution in [2.75, 3.05) is 6.61 Å². The van der Waals surface area contributed by atoms with E-state index in [1.165, 1.54) is 6.08 Å². The highest BCUT2D eigenvalue weighted by Crippen LogP contribution is 2.35. The quantitative estimate of drug-likeness (QED) is 0.457. The number of benzene rings is 1. The van der Waals surface area contributed by atoms with Crippen LogP contribution < -0.4 is 0 Å². The lowest BCUT2D eigenvalue weighted by Crippen LogP contribution is -2.32. The number of esters is 1. The lowest BCUT2D eigenvalue weighted by molar-refractivity contribution is -0.141. The van der Waals surface area contributed by atoms with Crippen LogP contribution in [-0.4, -0.2) is 39.7 Å². The maximum absolute atomic E-state index is 12.5. The molecule has 1 unspecified atom stereocenters. The Morgan fingerprint density at radius 2 is 1.80 bits per heavy atom. The van der Waals surface area contributed by atoms with Crippen molar-refractivity contribution in [2.24, 2.45) is 0 Å². The minimum Gasteiger partial charge on any atom is -0.465 e. The third kappa shape index (κ3) is 3.37. The highest BCUT2D eigenvalue weighted by Gasteiger charge is 2.40. The van der Waals surface area contributed by atoms with Crippen LogP contribution in [0.2, 0.25) is 0 Å². The van der Waals surface area contributed by atoms with Gasteiger partial charge in [0.15, 0.2) is 5.78 Å². The SMILES string of the molecule is CCOC(=O)C(SN1C(=O)c2ccccc2C1=O)C1=CC(=O)CCC1. The first-order valence-corrected chi connectivity index (χ1v) is 8.91. The molecule has 0 fully saturated rings. The van der Waals surface area contributed by atoms with Crippen LogP contribution in [0.3, 0.4) is 0 Å². The fraction of sp³-hybridized carbons (Fsp3) is 0.333. The van der Waals surface area contributed by atoms with Crippen molar-refractivity contribution in [3.05, 3.63) is 47.0 Å². The van der Waals surface area contributed by atoms with Crippen LogP contribution in [0, 0.1) is 0 Å². The second kappa shape index (κ2) is 7.23. The lowest BCUT2D eigenvalue weighted by atomic mass is 9.96. The Hall–Kier alpha value is -2.41. The maximum atomic E-state index is 12.5. The van der Waals surface area contributed by atoms with Gasteiger partial charge in [0.1, 0.15) is 5.25 Å². The molecule has 0 spiro atoms. The van der Waals surface area contributed by atoms with Crippen molar-refractivity contribution in [1.29, 1.82) is 0 Å². The summed E-state index contributed by atoms with van der Waals surface area (Å²) < 4.78 is 6.08. The number of allylic oxidation sites excluding steroid dienone is 1. The Morgan fingerprint density at radius 1 is 1.16 bits per heavy atom. The van der Waals surface area contributed by atoms with Gasteiger partial charge in [-0.15, -0.1) is 0 Å². The van der Waals surface area contributed by atoms with Crippen molar-refractivity contribution in [2.45, 2.75) is 31.4 Å². The molecule has 1 aromatic rings. The summed E-state index contributed by atoms with van der Waals surface area (Å²) in [5, 5.41) is -0.883. The molecular weight excluding hydrogens is 342 g/mol. The van der Waals surface area contributed by atoms with Crippen LogP contribution in [0.15, 0.2) is 35.9 Å². The first-order chi connectivity index (χ1) is 12.0. The van der Waals surface area contributed by atoms with Crippen molar-refractivity contribution in [3.8, 4) is 0 Å². The Kier molecular flexibility index (Phi) is 5.03. The van der Waals surface area contributed by atoms with E-state index in [2.05, 4.69) is 0 Å². The second-order valence-electron chi connectivity index (χ2n) is 5.73. The number of imide groups is 1. The van der Waals surface area contributed by atoms with Crippen LogP contribution in [0.5, 0.6) is 0 Å². The number of carbonyl (C=O) groups excluding carboxylic acids is 4. The van der Waals surface area contributed by atoms with E-state index in [4.69, 9.17) is 4.74 Å². The predicted molar refractivity (Wildman–Crippen MR) is 91.9 cm³/mol. The fourth-order valence-corrected chi connectivity index (χ4v) is 3.95. The minimum atomic E-state index is -0.883. The summed E-state index contributed by atoms with van der Waals surface area (Å²) in [6.45, 7) is 1.86. The molecule has 1 heterocycles. The van der Waals surface area contributed by atoms with E-state index in [1.807, 2.05) is 0 Å². The number of ketones is 1. The number of amides is 2. The number of nitrogens with zero attached hydrogens (tertiary/aromatic N) is 1. The topological polar surface area (TPSA) is 80.8 Å². The number of ether oxygens (including phenoxy) is 1. The zero-order valence-corrected chi connectivity index (χ0v) is 14.5. The largest absolute Gasteiger partial charge is 0.465 e. The Bertz CT molecular complexity index is 750. The van der Waals surface area contributed by atoms with Gasteiger partial charge in [-0.05, 0) is 55.5 Å². The van der Waals surface area contributed by atoms with Crippen LogP contribution >= 0.6 is 11.9 Å². The average Bonchev–Trinajstić information content (AvgIpc) is 2.84. The summed E-state index contributed by atoms with van der Waals surface area (Å²) in [6.07, 6.45) is 3.08. The smallest absolute Gasteiger partial charge is 0.325 e. The van der Waals surface area contributed by atoms with Gasteiger partial charge in [-0.25, -0.2) is 4.31 Å². The van der Waals surface area contributed by atoms with E-state index in [0.717, 1.165) is 16.3 Å². The van der Waals surface area contributed by atoms with E-state index in [0.29, 0.717) is 36.0 Å². The van der Waals surface area contributed by atoms with Crippen molar-refractivity contribution in [3.63, 3.8) is 0 Å². The predicted octanol–water partition coefficient (Wildman–Crippen LogP) is 2.54. The summed E-state index contributed by atoms with van der Waals surface area (Å²) in [6, 6.07) is 6.53. The molecule has 3 rings (SSSR count). The molecule has 130 valence electrons. The molecule has 1 aromatic carbocycles. The number of rotatable bonds is 5. The van der Waals surface area contributed by atoms with Crippen molar-refractivity contribution < 1.29 is 23.9 Å². The Labute approximate surface area is 149 Å². The van der Waals surface area contributed by atoms with E-state index < -0.39 is 23.0 Å². The van der Waals surface area contributed by atoms with Gasteiger partial charge < -0.3 is 4.74 Å². The molecule has 6 nitrogen and oxygen atoms in total. The molecule has 0 bridgehead atoms. The van der Waals surface area contributed by atoms with Gasteiger partial charge in [-0.3, -0.25) is 19.2 Å². The fourth-order valence-electron chi connectivity index (χ4n) is 2.87. The van der Waals surface area contributed by atoms with Gasteiger partial charge in [0, 0.05) is 6.42 Å². The number of hydrogen-bond acceptors (Lipinski definition) is 6. The van der Waals surface area contributed by atoms with Gasteiger partial charge in [0.2, 0.25) is 0 Å². The van der Waals surface area contributed by atoms with Gasteiger partial charge in [0.25, 0.3) is 11.8 Å². The van der Waals surface area contributed by atoms with Crippen molar-refractivity contribution in [1.82, 2.24) is 4.31 Å². The molecule has 1 atom stereocenters. The zero-order chi connectivity index (χ0) is 18.0. The van der Waals surface area contributed by atoms with Crippen LogP contribution in [0.4, 0.5) is 0 Å². The Morgan fingerprint density at radius 3 is 2.36 bits per heavy atom. The van der Waals surface area contributed by atoms with Gasteiger partial charge in [0.05, 0.1) is 17.7 Å². The van der Waals surface area contributed by atoms with Gasteiger partial charge >= 0.3 is 5.97 Å². The highest BCUT2D eigenvalue weighted by atomic mass is 32.2. The third-order valence-corrected chi connectivity index (χ3v) is 5.29. The van der Waals surface area contributed by atoms with Crippen LogP contribution in [-0.2, 0) is 14.3 Å². The zero-order valence-electron chi connectivity index (χ0n) is 13.7. The molecule has 0 radical (unpaired) electrons. The summed E-state index contributed by atoms with van der Waals surface area (Å²) in [5.41, 5.74) is 1.23. The number of carbonyl (C=O) groups is 4. The molecule has 0 saturated heterocycles. The normalized spacial score (nSPS) is 18.0. The molecule has 0 aromatic heterocycles. The van der Waals surface area contributed by atoms with E-state index in [-0.39, 0.29) is 12.4 Å². The molecule has 0 N–H and O–H groups in total. The minimum absolute atomic E-state index is 0.0569. The molecule has 2 aliphatic rings. The monoisotopic (exact) mass is 359 g/mol. The molecule has 2 amide bonds. The maximum Gasteiger partial charge on any atom is 0.325 e. The first kappa shape index (κ1) is 17.4.